The monoisotopic (exact) mass is 517 g/mol. The maximum absolute atomic E-state index is 13.2. The van der Waals surface area contributed by atoms with E-state index in [1.165, 1.54) is 0 Å². The summed E-state index contributed by atoms with van der Waals surface area (Å²) < 4.78 is 26.4. The van der Waals surface area contributed by atoms with E-state index in [9.17, 15) is 4.79 Å². The fourth-order valence-electron chi connectivity index (χ4n) is 3.83. The molecule has 0 N–H and O–H groups in total. The summed E-state index contributed by atoms with van der Waals surface area (Å²) in [7, 11) is -0.690. The van der Waals surface area contributed by atoms with Crippen LogP contribution in [0.15, 0.2) is 0 Å². The van der Waals surface area contributed by atoms with Crippen LogP contribution in [0.25, 0.3) is 0 Å². The third kappa shape index (κ3) is 7.62. The Morgan fingerprint density at radius 1 is 0.941 bits per heavy atom. The maximum Gasteiger partial charge on any atom is 0.227 e. The molecule has 1 rings (SSSR count). The molecule has 0 unspecified atom stereocenters. The quantitative estimate of drug-likeness (QED) is 0.337. The van der Waals surface area contributed by atoms with Gasteiger partial charge in [0.25, 0.3) is 0 Å². The van der Waals surface area contributed by atoms with Gasteiger partial charge in [0.2, 0.25) is 5.91 Å². The highest BCUT2D eigenvalue weighted by atomic mass is 28.4. The Morgan fingerprint density at radius 2 is 1.38 bits per heavy atom. The summed E-state index contributed by atoms with van der Waals surface area (Å²) in [5.74, 6) is -0.949. The third-order valence-corrected chi connectivity index (χ3v) is 17.2. The van der Waals surface area contributed by atoms with E-state index in [4.69, 9.17) is 18.3 Å². The van der Waals surface area contributed by atoms with Crippen LogP contribution in [-0.4, -0.2) is 72.2 Å². The van der Waals surface area contributed by atoms with E-state index < -0.39 is 22.4 Å². The second-order valence-electron chi connectivity index (χ2n) is 13.9. The summed E-state index contributed by atoms with van der Waals surface area (Å²) in [4.78, 5) is 14.9. The Kier molecular flexibility index (Phi) is 9.92. The smallest absolute Gasteiger partial charge is 0.227 e. The molecule has 1 fully saturated rings. The highest BCUT2D eigenvalue weighted by Crippen LogP contribution is 2.43. The maximum atomic E-state index is 13.2. The van der Waals surface area contributed by atoms with Gasteiger partial charge in [-0.25, -0.2) is 0 Å². The minimum Gasteiger partial charge on any atom is -0.413 e. The molecule has 1 saturated heterocycles. The number of carbonyl (C=O) groups is 1. The molecule has 5 atom stereocenters. The molecule has 6 nitrogen and oxygen atoms in total. The lowest BCUT2D eigenvalue weighted by Gasteiger charge is -2.47. The Balaban J connectivity index is 3.51. The molecule has 0 aliphatic carbocycles. The molecule has 1 aliphatic heterocycles. The Labute approximate surface area is 212 Å². The SMILES string of the molecule is C[C@@H]([C@@H](O[Si](C)(C)C(C)(C)C)[C@@H](C)C(=O)N(C)C)[C@H](O[Si](C)(C)C(C)(C)C)[C@H]1COC(C)(C)O1. The molecule has 202 valence electrons. The summed E-state index contributed by atoms with van der Waals surface area (Å²) in [6.45, 7) is 31.0. The molecule has 0 radical (unpaired) electrons. The summed E-state index contributed by atoms with van der Waals surface area (Å²) in [5.41, 5.74) is 0. The molecule has 1 heterocycles. The molecule has 0 aromatic rings. The third-order valence-electron chi connectivity index (χ3n) is 8.23. The number of hydrogen-bond donors (Lipinski definition) is 0. The fraction of sp³-hybridized carbons (Fsp3) is 0.962. The molecule has 0 aromatic heterocycles. The first-order chi connectivity index (χ1) is 14.9. The molecule has 34 heavy (non-hydrogen) atoms. The van der Waals surface area contributed by atoms with Crippen molar-refractivity contribution in [3.8, 4) is 0 Å². The normalized spacial score (nSPS) is 23.4. The Hall–Kier alpha value is -0.256. The van der Waals surface area contributed by atoms with Crippen LogP contribution >= 0.6 is 0 Å². The Bertz CT molecular complexity index is 694. The zero-order valence-corrected chi connectivity index (χ0v) is 27.1. The highest BCUT2D eigenvalue weighted by molar-refractivity contribution is 6.74. The zero-order chi connectivity index (χ0) is 27.1. The predicted octanol–water partition coefficient (Wildman–Crippen LogP) is 6.28. The van der Waals surface area contributed by atoms with Gasteiger partial charge < -0.3 is 23.2 Å². The van der Waals surface area contributed by atoms with Gasteiger partial charge >= 0.3 is 0 Å². The van der Waals surface area contributed by atoms with Crippen molar-refractivity contribution in [2.24, 2.45) is 11.8 Å². The van der Waals surface area contributed by atoms with Gasteiger partial charge in [0.1, 0.15) is 6.10 Å². The molecule has 8 heteroatoms. The van der Waals surface area contributed by atoms with Crippen molar-refractivity contribution in [1.82, 2.24) is 4.90 Å². The number of nitrogens with zero attached hydrogens (tertiary/aromatic N) is 1. The fourth-order valence-corrected chi connectivity index (χ4v) is 6.69. The summed E-state index contributed by atoms with van der Waals surface area (Å²) in [6.07, 6.45) is -0.751. The van der Waals surface area contributed by atoms with Gasteiger partial charge in [-0.2, -0.15) is 0 Å². The lowest BCUT2D eigenvalue weighted by molar-refractivity contribution is -0.159. The number of hydrogen-bond acceptors (Lipinski definition) is 5. The van der Waals surface area contributed by atoms with Crippen LogP contribution in [0.3, 0.4) is 0 Å². The van der Waals surface area contributed by atoms with Gasteiger partial charge in [-0.05, 0) is 50.1 Å². The Morgan fingerprint density at radius 3 is 1.74 bits per heavy atom. The van der Waals surface area contributed by atoms with Gasteiger partial charge in [-0.1, -0.05) is 55.4 Å². The van der Waals surface area contributed by atoms with E-state index in [-0.39, 0.29) is 46.1 Å². The first-order valence-electron chi connectivity index (χ1n) is 12.8. The minimum absolute atomic E-state index is 0.0244. The molecule has 1 aliphatic rings. The van der Waals surface area contributed by atoms with Crippen molar-refractivity contribution in [1.29, 1.82) is 0 Å². The van der Waals surface area contributed by atoms with E-state index in [0.717, 1.165) is 0 Å². The van der Waals surface area contributed by atoms with Crippen LogP contribution in [0.5, 0.6) is 0 Å². The second-order valence-corrected chi connectivity index (χ2v) is 23.4. The van der Waals surface area contributed by atoms with E-state index in [1.807, 2.05) is 34.9 Å². The van der Waals surface area contributed by atoms with Crippen molar-refractivity contribution in [2.75, 3.05) is 20.7 Å². The van der Waals surface area contributed by atoms with Gasteiger partial charge in [0.05, 0.1) is 24.7 Å². The highest BCUT2D eigenvalue weighted by Gasteiger charge is 2.50. The average molecular weight is 518 g/mol. The van der Waals surface area contributed by atoms with Crippen molar-refractivity contribution in [2.45, 2.75) is 130 Å². The predicted molar refractivity (Wildman–Crippen MR) is 146 cm³/mol. The van der Waals surface area contributed by atoms with Crippen molar-refractivity contribution in [3.63, 3.8) is 0 Å². The molecular weight excluding hydrogens is 462 g/mol. The van der Waals surface area contributed by atoms with Crippen molar-refractivity contribution >= 4 is 22.5 Å². The molecule has 0 spiro atoms. The van der Waals surface area contributed by atoms with Gasteiger partial charge in [0.15, 0.2) is 22.4 Å². The molecule has 1 amide bonds. The zero-order valence-electron chi connectivity index (χ0n) is 25.1. The van der Waals surface area contributed by atoms with E-state index >= 15 is 0 Å². The first kappa shape index (κ1) is 31.8. The number of rotatable bonds is 9. The lowest BCUT2D eigenvalue weighted by atomic mass is 9.86. The van der Waals surface area contributed by atoms with Gasteiger partial charge in [-0.3, -0.25) is 4.79 Å². The van der Waals surface area contributed by atoms with Gasteiger partial charge in [0, 0.05) is 20.0 Å². The largest absolute Gasteiger partial charge is 0.413 e. The second kappa shape index (κ2) is 10.6. The van der Waals surface area contributed by atoms with E-state index in [1.54, 1.807) is 4.90 Å². The van der Waals surface area contributed by atoms with Crippen LogP contribution in [-0.2, 0) is 23.1 Å². The van der Waals surface area contributed by atoms with Crippen LogP contribution in [0.4, 0.5) is 0 Å². The first-order valence-corrected chi connectivity index (χ1v) is 18.6. The number of ether oxygens (including phenoxy) is 2. The average Bonchev–Trinajstić information content (AvgIpc) is 3.00. The van der Waals surface area contributed by atoms with Crippen LogP contribution in [0.2, 0.25) is 36.3 Å². The van der Waals surface area contributed by atoms with E-state index in [0.29, 0.717) is 6.61 Å². The van der Waals surface area contributed by atoms with Crippen LogP contribution < -0.4 is 0 Å². The summed E-state index contributed by atoms with van der Waals surface area (Å²) in [5, 5.41) is 0.0669. The molecule has 0 saturated carbocycles. The summed E-state index contributed by atoms with van der Waals surface area (Å²) >= 11 is 0. The molecular formula is C26H55NO5Si2. The van der Waals surface area contributed by atoms with Crippen LogP contribution in [0, 0.1) is 11.8 Å². The van der Waals surface area contributed by atoms with Crippen LogP contribution in [0.1, 0.15) is 69.2 Å². The number of amides is 1. The topological polar surface area (TPSA) is 57.2 Å². The standard InChI is InChI=1S/C26H55NO5Si2/c1-18(21(19(2)23(28)27(11)12)31-33(13,14)24(3,4)5)22(20-17-29-26(9,10)30-20)32-34(15,16)25(6,7)8/h18-22H,17H2,1-16H3/t18-,19+,20+,21+,22-/m0/s1. The lowest BCUT2D eigenvalue weighted by Crippen LogP contribution is -2.56. The van der Waals surface area contributed by atoms with Crippen molar-refractivity contribution < 1.29 is 23.1 Å². The molecule has 0 bridgehead atoms. The number of carbonyl (C=O) groups excluding carboxylic acids is 1. The summed E-state index contributed by atoms with van der Waals surface area (Å²) in [6, 6.07) is 0. The van der Waals surface area contributed by atoms with Gasteiger partial charge in [-0.15, -0.1) is 0 Å². The van der Waals surface area contributed by atoms with Crippen molar-refractivity contribution in [3.05, 3.63) is 0 Å². The minimum atomic E-state index is -2.17. The molecule has 0 aromatic carbocycles. The van der Waals surface area contributed by atoms with E-state index in [2.05, 4.69) is 74.7 Å².